The fourth-order valence-corrected chi connectivity index (χ4v) is 9.73. The molecule has 0 bridgehead atoms. The molecular weight excluding hydrogens is 733 g/mol. The zero-order valence-corrected chi connectivity index (χ0v) is 33.7. The quantitative estimate of drug-likeness (QED) is 0.260. The molecule has 3 heterocycles. The van der Waals surface area contributed by atoms with Gasteiger partial charge in [-0.25, -0.2) is 4.39 Å². The summed E-state index contributed by atoms with van der Waals surface area (Å²) in [5.74, 6) is -1.02. The normalized spacial score (nSPS) is 23.0. The zero-order chi connectivity index (χ0) is 39.2. The summed E-state index contributed by atoms with van der Waals surface area (Å²) in [7, 11) is 1.43. The summed E-state index contributed by atoms with van der Waals surface area (Å²) in [6, 6.07) is 11.7. The number of halogens is 2. The van der Waals surface area contributed by atoms with Crippen molar-refractivity contribution in [3.05, 3.63) is 70.0 Å². The average molecular weight is 792 g/mol. The number of esters is 1. The van der Waals surface area contributed by atoms with Gasteiger partial charge in [-0.1, -0.05) is 55.1 Å². The Morgan fingerprint density at radius 2 is 1.52 bits per heavy atom. The first-order chi connectivity index (χ1) is 27.2. The monoisotopic (exact) mass is 791 g/mol. The third-order valence-electron chi connectivity index (χ3n) is 13.2. The van der Waals surface area contributed by atoms with Crippen LogP contribution in [0, 0.1) is 23.6 Å². The summed E-state index contributed by atoms with van der Waals surface area (Å²) >= 11 is 6.09. The van der Waals surface area contributed by atoms with Gasteiger partial charge in [0.2, 0.25) is 11.8 Å². The van der Waals surface area contributed by atoms with Crippen molar-refractivity contribution in [1.82, 2.24) is 24.9 Å². The van der Waals surface area contributed by atoms with Crippen LogP contribution >= 0.6 is 11.6 Å². The highest BCUT2D eigenvalue weighted by molar-refractivity contribution is 6.30. The molecule has 7 rings (SSSR count). The van der Waals surface area contributed by atoms with Gasteiger partial charge in [0, 0.05) is 69.2 Å². The van der Waals surface area contributed by atoms with E-state index >= 15 is 4.39 Å². The second-order valence-corrected chi connectivity index (χ2v) is 17.4. The Labute approximate surface area is 336 Å². The summed E-state index contributed by atoms with van der Waals surface area (Å²) in [6.07, 6.45) is 10.4. The fourth-order valence-electron chi connectivity index (χ4n) is 9.60. The fraction of sp³-hybridized carbons (Fsp3) is 0.636. The van der Waals surface area contributed by atoms with Crippen molar-refractivity contribution < 1.29 is 28.3 Å². The first-order valence-corrected chi connectivity index (χ1v) is 21.5. The molecule has 0 radical (unpaired) electrons. The van der Waals surface area contributed by atoms with Crippen LogP contribution in [0.5, 0.6) is 0 Å². The van der Waals surface area contributed by atoms with Gasteiger partial charge in [0.05, 0.1) is 18.6 Å². The van der Waals surface area contributed by atoms with Crippen LogP contribution in [0.3, 0.4) is 0 Å². The number of carbonyl (C=O) groups excluding carboxylic acids is 4. The Kier molecular flexibility index (Phi) is 13.7. The van der Waals surface area contributed by atoms with Gasteiger partial charge >= 0.3 is 5.97 Å². The van der Waals surface area contributed by atoms with Crippen molar-refractivity contribution in [3.63, 3.8) is 0 Å². The molecule has 3 aliphatic heterocycles. The lowest BCUT2D eigenvalue weighted by atomic mass is 9.83. The average Bonchev–Trinajstić information content (AvgIpc) is 4.09. The maximum atomic E-state index is 16.2. The summed E-state index contributed by atoms with van der Waals surface area (Å²) in [4.78, 5) is 62.2. The van der Waals surface area contributed by atoms with Crippen LogP contribution in [0.25, 0.3) is 0 Å². The number of piperazine rings is 1. The molecule has 56 heavy (non-hydrogen) atoms. The Hall–Kier alpha value is -3.54. The van der Waals surface area contributed by atoms with Gasteiger partial charge in [-0.3, -0.25) is 24.1 Å². The molecule has 3 atom stereocenters. The van der Waals surface area contributed by atoms with Crippen LogP contribution < -0.4 is 5.32 Å². The molecule has 0 spiro atoms. The number of rotatable bonds is 12. The molecule has 5 fully saturated rings. The molecule has 2 saturated carbocycles. The number of methoxy groups -OCH3 is 1. The van der Waals surface area contributed by atoms with Crippen LogP contribution in [0.2, 0.25) is 5.02 Å². The van der Waals surface area contributed by atoms with Gasteiger partial charge in [-0.05, 0) is 106 Å². The molecule has 5 aliphatic rings. The van der Waals surface area contributed by atoms with E-state index in [0.29, 0.717) is 49.2 Å². The van der Waals surface area contributed by atoms with Crippen molar-refractivity contribution in [2.45, 2.75) is 88.5 Å². The topological polar surface area (TPSA) is 102 Å². The minimum atomic E-state index is -0.690. The second kappa shape index (κ2) is 18.8. The van der Waals surface area contributed by atoms with Crippen molar-refractivity contribution in [2.24, 2.45) is 17.8 Å². The molecular formula is C44H59ClFN5O5. The molecule has 3 saturated heterocycles. The van der Waals surface area contributed by atoms with Gasteiger partial charge < -0.3 is 24.8 Å². The number of piperidine rings is 2. The lowest BCUT2D eigenvalue weighted by Gasteiger charge is -2.41. The number of nitrogens with one attached hydrogen (secondary N) is 1. The van der Waals surface area contributed by atoms with Gasteiger partial charge in [-0.15, -0.1) is 0 Å². The van der Waals surface area contributed by atoms with Gasteiger partial charge in [0.1, 0.15) is 11.9 Å². The summed E-state index contributed by atoms with van der Waals surface area (Å²) in [5.41, 5.74) is 1.37. The maximum Gasteiger partial charge on any atom is 0.314 e. The summed E-state index contributed by atoms with van der Waals surface area (Å²) < 4.78 is 21.3. The maximum absolute atomic E-state index is 16.2. The number of benzene rings is 2. The number of amides is 3. The number of ether oxygens (including phenoxy) is 1. The third-order valence-corrected chi connectivity index (χ3v) is 13.4. The van der Waals surface area contributed by atoms with E-state index < -0.39 is 17.8 Å². The molecule has 12 heteroatoms. The van der Waals surface area contributed by atoms with E-state index in [1.807, 2.05) is 34.1 Å². The summed E-state index contributed by atoms with van der Waals surface area (Å²) in [5, 5.41) is 3.69. The predicted molar refractivity (Wildman–Crippen MR) is 214 cm³/mol. The smallest absolute Gasteiger partial charge is 0.314 e. The molecule has 2 aromatic carbocycles. The lowest BCUT2D eigenvalue weighted by Crippen LogP contribution is -2.57. The molecule has 3 amide bonds. The highest BCUT2D eigenvalue weighted by atomic mass is 35.5. The molecule has 304 valence electrons. The second-order valence-electron chi connectivity index (χ2n) is 17.0. The standard InChI is InChI=1S/C44H59ClFN5O5/c1-56-44(55)38(31-14-16-35(45)17-15-31)29-48-21-18-30(19-22-48)27-49-23-25-50(26-24-49)43(54)40(32-7-3-2-4-8-32)47-41(52)37-11-5-10-36(39(37)46)34-9-6-20-51(28-34)42(53)33-12-13-33/h5,10-11,14-17,30,32-34,38,40H,2-4,6-9,12-13,18-29H2,1H3,(H,47,52)/t34-,38?,40+/m0/s1. The van der Waals surface area contributed by atoms with Crippen LogP contribution in [-0.4, -0.2) is 122 Å². The predicted octanol–water partition coefficient (Wildman–Crippen LogP) is 6.09. The molecule has 1 unspecified atom stereocenters. The number of nitrogens with zero attached hydrogens (tertiary/aromatic N) is 4. The molecule has 1 N–H and O–H groups in total. The van der Waals surface area contributed by atoms with Crippen LogP contribution in [0.15, 0.2) is 42.5 Å². The van der Waals surface area contributed by atoms with Crippen molar-refractivity contribution in [2.75, 3.05) is 72.6 Å². The minimum Gasteiger partial charge on any atom is -0.469 e. The van der Waals surface area contributed by atoms with Gasteiger partial charge in [0.25, 0.3) is 5.91 Å². The highest BCUT2D eigenvalue weighted by Gasteiger charge is 2.38. The minimum absolute atomic E-state index is 0.0217. The van der Waals surface area contributed by atoms with E-state index in [4.69, 9.17) is 16.3 Å². The zero-order valence-electron chi connectivity index (χ0n) is 32.9. The Morgan fingerprint density at radius 1 is 0.804 bits per heavy atom. The lowest BCUT2D eigenvalue weighted by molar-refractivity contribution is -0.143. The Balaban J connectivity index is 0.921. The first kappa shape index (κ1) is 40.6. The molecule has 2 aliphatic carbocycles. The summed E-state index contributed by atoms with van der Waals surface area (Å²) in [6.45, 7) is 7.34. The van der Waals surface area contributed by atoms with Crippen molar-refractivity contribution in [3.8, 4) is 0 Å². The Bertz CT molecular complexity index is 1680. The number of likely N-dealkylation sites (tertiary alicyclic amines) is 2. The van der Waals surface area contributed by atoms with E-state index in [-0.39, 0.29) is 47.0 Å². The first-order valence-electron chi connectivity index (χ1n) is 21.1. The SMILES string of the molecule is COC(=O)C(CN1CCC(CN2CCN(C(=O)[C@H](NC(=O)c3cccc([C@H]4CCCN(C(=O)C5CC5)C4)c3F)C3CCCCC3)CC2)CC1)c1ccc(Cl)cc1. The number of hydrogen-bond donors (Lipinski definition) is 1. The highest BCUT2D eigenvalue weighted by Crippen LogP contribution is 2.36. The Morgan fingerprint density at radius 3 is 2.20 bits per heavy atom. The largest absolute Gasteiger partial charge is 0.469 e. The van der Waals surface area contributed by atoms with E-state index in [1.54, 1.807) is 12.1 Å². The number of hydrogen-bond acceptors (Lipinski definition) is 7. The molecule has 0 aromatic heterocycles. The molecule has 10 nitrogen and oxygen atoms in total. The van der Waals surface area contributed by atoms with Crippen molar-refractivity contribution >= 4 is 35.3 Å². The van der Waals surface area contributed by atoms with E-state index in [2.05, 4.69) is 15.1 Å². The van der Waals surface area contributed by atoms with Crippen LogP contribution in [0.1, 0.15) is 104 Å². The van der Waals surface area contributed by atoms with E-state index in [1.165, 1.54) is 13.2 Å². The van der Waals surface area contributed by atoms with Crippen LogP contribution in [0.4, 0.5) is 4.39 Å². The van der Waals surface area contributed by atoms with Gasteiger partial charge in [0.15, 0.2) is 0 Å². The van der Waals surface area contributed by atoms with E-state index in [9.17, 15) is 19.2 Å². The van der Waals surface area contributed by atoms with Crippen molar-refractivity contribution in [1.29, 1.82) is 0 Å². The third kappa shape index (κ3) is 9.94. The number of carbonyl (C=O) groups is 4. The molecule has 2 aromatic rings. The van der Waals surface area contributed by atoms with Gasteiger partial charge in [-0.2, -0.15) is 0 Å². The van der Waals surface area contributed by atoms with E-state index in [0.717, 1.165) is 109 Å². The van der Waals surface area contributed by atoms with Crippen LogP contribution in [-0.2, 0) is 19.1 Å².